The summed E-state index contributed by atoms with van der Waals surface area (Å²) in [6.45, 7) is 12.9. The minimum atomic E-state index is 0.744. The van der Waals surface area contributed by atoms with Crippen LogP contribution in [0.3, 0.4) is 0 Å². The molecule has 0 amide bonds. The van der Waals surface area contributed by atoms with Crippen molar-refractivity contribution >= 4 is 11.8 Å². The fourth-order valence-electron chi connectivity index (χ4n) is 2.72. The van der Waals surface area contributed by atoms with Gasteiger partial charge in [0.25, 0.3) is 0 Å². The lowest BCUT2D eigenvalue weighted by molar-refractivity contribution is 0.110. The number of rotatable bonds is 7. The van der Waals surface area contributed by atoms with Gasteiger partial charge in [0.05, 0.1) is 0 Å². The van der Waals surface area contributed by atoms with E-state index >= 15 is 0 Å². The topological polar surface area (TPSA) is 15.3 Å². The van der Waals surface area contributed by atoms with Crippen molar-refractivity contribution < 1.29 is 0 Å². The van der Waals surface area contributed by atoms with E-state index in [0.29, 0.717) is 0 Å². The molecule has 0 radical (unpaired) electrons. The van der Waals surface area contributed by atoms with Crippen molar-refractivity contribution in [2.45, 2.75) is 52.6 Å². The van der Waals surface area contributed by atoms with Crippen molar-refractivity contribution in [1.29, 1.82) is 0 Å². The quantitative estimate of drug-likeness (QED) is 0.707. The highest BCUT2D eigenvalue weighted by Crippen LogP contribution is 2.20. The molecule has 0 spiro atoms. The molecular weight excluding hydrogens is 228 g/mol. The molecule has 1 heterocycles. The van der Waals surface area contributed by atoms with Gasteiger partial charge in [-0.1, -0.05) is 20.8 Å². The number of piperidine rings is 1. The van der Waals surface area contributed by atoms with Crippen LogP contribution in [-0.4, -0.2) is 48.1 Å². The van der Waals surface area contributed by atoms with Gasteiger partial charge < -0.3 is 10.2 Å². The van der Waals surface area contributed by atoms with Crippen molar-refractivity contribution in [2.24, 2.45) is 5.92 Å². The molecule has 1 aliphatic heterocycles. The molecule has 1 rings (SSSR count). The van der Waals surface area contributed by atoms with Gasteiger partial charge >= 0.3 is 0 Å². The average molecular weight is 258 g/mol. The van der Waals surface area contributed by atoms with E-state index in [-0.39, 0.29) is 0 Å². The summed E-state index contributed by atoms with van der Waals surface area (Å²) in [6.07, 6.45) is 2.66. The number of hydrogen-bond donors (Lipinski definition) is 1. The predicted octanol–water partition coefficient (Wildman–Crippen LogP) is 2.84. The second kappa shape index (κ2) is 8.39. The van der Waals surface area contributed by atoms with E-state index in [9.17, 15) is 0 Å². The number of thioether (sulfide) groups is 1. The van der Waals surface area contributed by atoms with Crippen molar-refractivity contribution in [2.75, 3.05) is 31.1 Å². The number of hydrogen-bond acceptors (Lipinski definition) is 3. The molecule has 0 aromatic heterocycles. The van der Waals surface area contributed by atoms with Gasteiger partial charge in [-0.2, -0.15) is 11.8 Å². The van der Waals surface area contributed by atoms with Gasteiger partial charge in [0.15, 0.2) is 0 Å². The van der Waals surface area contributed by atoms with Gasteiger partial charge in [0.2, 0.25) is 0 Å². The SMILES string of the molecule is CCNC1CCN(C(C)CCSCC)CC1C. The smallest absolute Gasteiger partial charge is 0.0117 e. The van der Waals surface area contributed by atoms with Crippen LogP contribution in [0.1, 0.15) is 40.5 Å². The molecule has 3 unspecified atom stereocenters. The molecule has 1 aliphatic rings. The zero-order chi connectivity index (χ0) is 12.7. The van der Waals surface area contributed by atoms with E-state index in [0.717, 1.165) is 24.5 Å². The normalized spacial score (nSPS) is 28.2. The van der Waals surface area contributed by atoms with E-state index < -0.39 is 0 Å². The maximum Gasteiger partial charge on any atom is 0.0117 e. The van der Waals surface area contributed by atoms with E-state index in [4.69, 9.17) is 0 Å². The average Bonchev–Trinajstić information content (AvgIpc) is 2.32. The molecule has 0 aromatic rings. The fraction of sp³-hybridized carbons (Fsp3) is 1.00. The highest BCUT2D eigenvalue weighted by atomic mass is 32.2. The summed E-state index contributed by atoms with van der Waals surface area (Å²) >= 11 is 2.07. The largest absolute Gasteiger partial charge is 0.314 e. The van der Waals surface area contributed by atoms with Crippen LogP contribution in [0.4, 0.5) is 0 Å². The summed E-state index contributed by atoms with van der Waals surface area (Å²) in [5, 5.41) is 3.62. The molecule has 0 aromatic carbocycles. The Morgan fingerprint density at radius 1 is 1.41 bits per heavy atom. The Kier molecular flexibility index (Phi) is 7.56. The third kappa shape index (κ3) is 5.19. The molecule has 0 saturated carbocycles. The number of likely N-dealkylation sites (tertiary alicyclic amines) is 1. The third-order valence-electron chi connectivity index (χ3n) is 3.91. The third-order valence-corrected chi connectivity index (χ3v) is 4.84. The van der Waals surface area contributed by atoms with Gasteiger partial charge in [-0.05, 0) is 50.3 Å². The van der Waals surface area contributed by atoms with Gasteiger partial charge in [-0.15, -0.1) is 0 Å². The van der Waals surface area contributed by atoms with Gasteiger partial charge in [0, 0.05) is 18.6 Å². The molecule has 3 heteroatoms. The van der Waals surface area contributed by atoms with Crippen LogP contribution in [0.15, 0.2) is 0 Å². The van der Waals surface area contributed by atoms with E-state index in [2.05, 4.69) is 49.7 Å². The fourth-order valence-corrected chi connectivity index (χ4v) is 3.52. The highest BCUT2D eigenvalue weighted by molar-refractivity contribution is 7.99. The van der Waals surface area contributed by atoms with Crippen LogP contribution in [-0.2, 0) is 0 Å². The second-order valence-electron chi connectivity index (χ2n) is 5.26. The molecule has 3 atom stereocenters. The van der Waals surface area contributed by atoms with Crippen molar-refractivity contribution in [3.8, 4) is 0 Å². The molecule has 1 N–H and O–H groups in total. The van der Waals surface area contributed by atoms with Crippen LogP contribution in [0, 0.1) is 5.92 Å². The van der Waals surface area contributed by atoms with Crippen LogP contribution in [0.25, 0.3) is 0 Å². The van der Waals surface area contributed by atoms with Crippen LogP contribution >= 0.6 is 11.8 Å². The Morgan fingerprint density at radius 2 is 2.18 bits per heavy atom. The molecule has 1 fully saturated rings. The van der Waals surface area contributed by atoms with Crippen molar-refractivity contribution in [1.82, 2.24) is 10.2 Å². The number of nitrogens with zero attached hydrogens (tertiary/aromatic N) is 1. The minimum Gasteiger partial charge on any atom is -0.314 e. The Labute approximate surface area is 112 Å². The van der Waals surface area contributed by atoms with E-state index in [1.54, 1.807) is 0 Å². The maximum absolute atomic E-state index is 3.62. The van der Waals surface area contributed by atoms with Crippen molar-refractivity contribution in [3.05, 3.63) is 0 Å². The molecule has 102 valence electrons. The Hall–Kier alpha value is 0.270. The first kappa shape index (κ1) is 15.3. The van der Waals surface area contributed by atoms with Crippen LogP contribution < -0.4 is 5.32 Å². The molecular formula is C14H30N2S. The zero-order valence-corrected chi connectivity index (χ0v) is 12.9. The van der Waals surface area contributed by atoms with Gasteiger partial charge in [-0.25, -0.2) is 0 Å². The first-order chi connectivity index (χ1) is 8.19. The molecule has 0 aliphatic carbocycles. The van der Waals surface area contributed by atoms with Crippen molar-refractivity contribution in [3.63, 3.8) is 0 Å². The standard InChI is InChI=1S/C14H30N2S/c1-5-15-14-7-9-16(11-12(14)3)13(4)8-10-17-6-2/h12-15H,5-11H2,1-4H3. The van der Waals surface area contributed by atoms with Crippen LogP contribution in [0.5, 0.6) is 0 Å². The minimum absolute atomic E-state index is 0.744. The van der Waals surface area contributed by atoms with Gasteiger partial charge in [-0.3, -0.25) is 0 Å². The second-order valence-corrected chi connectivity index (χ2v) is 6.65. The summed E-state index contributed by atoms with van der Waals surface area (Å²) < 4.78 is 0. The van der Waals surface area contributed by atoms with Gasteiger partial charge in [0.1, 0.15) is 0 Å². The van der Waals surface area contributed by atoms with E-state index in [1.165, 1.54) is 37.4 Å². The number of nitrogens with one attached hydrogen (secondary N) is 1. The Balaban J connectivity index is 2.27. The summed E-state index contributed by atoms with van der Waals surface area (Å²) in [7, 11) is 0. The van der Waals surface area contributed by atoms with Crippen LogP contribution in [0.2, 0.25) is 0 Å². The summed E-state index contributed by atoms with van der Waals surface area (Å²) in [6, 6.07) is 1.51. The summed E-state index contributed by atoms with van der Waals surface area (Å²) in [5.41, 5.74) is 0. The Morgan fingerprint density at radius 3 is 2.76 bits per heavy atom. The highest BCUT2D eigenvalue weighted by Gasteiger charge is 2.27. The first-order valence-corrected chi connectivity index (χ1v) is 8.39. The maximum atomic E-state index is 3.62. The first-order valence-electron chi connectivity index (χ1n) is 7.24. The molecule has 0 bridgehead atoms. The molecule has 17 heavy (non-hydrogen) atoms. The Bertz CT molecular complexity index is 199. The lowest BCUT2D eigenvalue weighted by Crippen LogP contribution is -2.50. The lowest BCUT2D eigenvalue weighted by Gasteiger charge is -2.40. The summed E-state index contributed by atoms with van der Waals surface area (Å²) in [5.74, 6) is 3.37. The molecule has 2 nitrogen and oxygen atoms in total. The van der Waals surface area contributed by atoms with E-state index in [1.807, 2.05) is 0 Å². The predicted molar refractivity (Wildman–Crippen MR) is 79.9 cm³/mol. The molecule has 1 saturated heterocycles. The zero-order valence-electron chi connectivity index (χ0n) is 12.0. The lowest BCUT2D eigenvalue weighted by atomic mass is 9.92. The monoisotopic (exact) mass is 258 g/mol. The summed E-state index contributed by atoms with van der Waals surface area (Å²) in [4.78, 5) is 2.69.